The molecule has 1 atom stereocenters. The summed E-state index contributed by atoms with van der Waals surface area (Å²) in [4.78, 5) is 11.4. The fourth-order valence-electron chi connectivity index (χ4n) is 2.80. The normalized spacial score (nSPS) is 31.6. The van der Waals surface area contributed by atoms with Gasteiger partial charge in [-0.15, -0.1) is 0 Å². The lowest BCUT2D eigenvalue weighted by atomic mass is 9.69. The van der Waals surface area contributed by atoms with Gasteiger partial charge in [0.2, 0.25) is 0 Å². The number of hydrogen-bond donors (Lipinski definition) is 2. The molecule has 0 aromatic carbocycles. The van der Waals surface area contributed by atoms with Crippen LogP contribution in [0, 0.1) is 11.3 Å². The molecule has 2 aliphatic rings. The van der Waals surface area contributed by atoms with Crippen molar-refractivity contribution in [1.82, 2.24) is 10.6 Å². The van der Waals surface area contributed by atoms with Crippen LogP contribution in [0.4, 0.5) is 0 Å². The van der Waals surface area contributed by atoms with Crippen LogP contribution in [0.2, 0.25) is 0 Å². The Morgan fingerprint density at radius 1 is 1.29 bits per heavy atom. The Labute approximate surface area is 85.6 Å². The molecule has 0 bridgehead atoms. The van der Waals surface area contributed by atoms with Gasteiger partial charge in [0.05, 0.1) is 0 Å². The second kappa shape index (κ2) is 3.99. The lowest BCUT2D eigenvalue weighted by Crippen LogP contribution is -2.50. The number of piperidine rings is 2. The average molecular weight is 196 g/mol. The first-order valence-corrected chi connectivity index (χ1v) is 5.64. The van der Waals surface area contributed by atoms with Crippen molar-refractivity contribution in [2.45, 2.75) is 26.2 Å². The van der Waals surface area contributed by atoms with Crippen LogP contribution in [0.15, 0.2) is 0 Å². The smallest absolute Gasteiger partial charge is 0.134 e. The Morgan fingerprint density at radius 2 is 2.00 bits per heavy atom. The first kappa shape index (κ1) is 10.1. The van der Waals surface area contributed by atoms with Crippen LogP contribution in [0.3, 0.4) is 0 Å². The van der Waals surface area contributed by atoms with E-state index in [4.69, 9.17) is 0 Å². The van der Waals surface area contributed by atoms with E-state index in [9.17, 15) is 4.79 Å². The Kier molecular flexibility index (Phi) is 2.88. The molecule has 2 N–H and O–H groups in total. The van der Waals surface area contributed by atoms with Crippen LogP contribution in [0.5, 0.6) is 0 Å². The van der Waals surface area contributed by atoms with Gasteiger partial charge < -0.3 is 10.6 Å². The van der Waals surface area contributed by atoms with Crippen molar-refractivity contribution in [3.63, 3.8) is 0 Å². The zero-order valence-corrected chi connectivity index (χ0v) is 8.94. The summed E-state index contributed by atoms with van der Waals surface area (Å²) in [6.07, 6.45) is 3.56. The van der Waals surface area contributed by atoms with Gasteiger partial charge in [-0.05, 0) is 44.7 Å². The molecule has 0 aromatic heterocycles. The van der Waals surface area contributed by atoms with E-state index >= 15 is 0 Å². The number of Topliss-reactive ketones (excluding diaryl/α,β-unsaturated/α-hetero) is 1. The minimum absolute atomic E-state index is 0.266. The fourth-order valence-corrected chi connectivity index (χ4v) is 2.80. The van der Waals surface area contributed by atoms with E-state index in [1.807, 2.05) is 0 Å². The maximum absolute atomic E-state index is 11.4. The first-order valence-electron chi connectivity index (χ1n) is 5.64. The molecule has 1 spiro atoms. The molecule has 0 amide bonds. The third kappa shape index (κ3) is 1.98. The SMILES string of the molecule is CC(=O)C1CNCC2(CCNCC2)C1. The van der Waals surface area contributed by atoms with Crippen molar-refractivity contribution in [3.05, 3.63) is 0 Å². The highest BCUT2D eigenvalue weighted by Crippen LogP contribution is 2.37. The van der Waals surface area contributed by atoms with Gasteiger partial charge in [0.1, 0.15) is 5.78 Å². The second-order valence-corrected chi connectivity index (χ2v) is 4.89. The summed E-state index contributed by atoms with van der Waals surface area (Å²) >= 11 is 0. The van der Waals surface area contributed by atoms with Crippen molar-refractivity contribution in [3.8, 4) is 0 Å². The van der Waals surface area contributed by atoms with E-state index in [0.29, 0.717) is 11.2 Å². The molecule has 0 aromatic rings. The highest BCUT2D eigenvalue weighted by atomic mass is 16.1. The number of hydrogen-bond acceptors (Lipinski definition) is 3. The van der Waals surface area contributed by atoms with Crippen molar-refractivity contribution in [2.75, 3.05) is 26.2 Å². The predicted molar refractivity (Wildman–Crippen MR) is 56.2 cm³/mol. The Bertz CT molecular complexity index is 216. The molecule has 1 unspecified atom stereocenters. The molecular formula is C11H20N2O. The van der Waals surface area contributed by atoms with Gasteiger partial charge >= 0.3 is 0 Å². The summed E-state index contributed by atoms with van der Waals surface area (Å²) in [6, 6.07) is 0. The third-order valence-electron chi connectivity index (χ3n) is 3.81. The molecular weight excluding hydrogens is 176 g/mol. The van der Waals surface area contributed by atoms with Crippen molar-refractivity contribution in [1.29, 1.82) is 0 Å². The lowest BCUT2D eigenvalue weighted by Gasteiger charge is -2.43. The molecule has 14 heavy (non-hydrogen) atoms. The maximum atomic E-state index is 11.4. The fraction of sp³-hybridized carbons (Fsp3) is 0.909. The highest BCUT2D eigenvalue weighted by Gasteiger charge is 2.38. The predicted octanol–water partition coefficient (Wildman–Crippen LogP) is 0.555. The van der Waals surface area contributed by atoms with Crippen LogP contribution in [-0.2, 0) is 4.79 Å². The van der Waals surface area contributed by atoms with Crippen molar-refractivity contribution < 1.29 is 4.79 Å². The van der Waals surface area contributed by atoms with Crippen LogP contribution >= 0.6 is 0 Å². The molecule has 2 saturated heterocycles. The summed E-state index contributed by atoms with van der Waals surface area (Å²) in [6.45, 7) is 5.97. The molecule has 0 saturated carbocycles. The van der Waals surface area contributed by atoms with Crippen LogP contribution in [-0.4, -0.2) is 32.0 Å². The zero-order chi connectivity index (χ0) is 10.0. The van der Waals surface area contributed by atoms with Crippen LogP contribution < -0.4 is 10.6 Å². The van der Waals surface area contributed by atoms with E-state index < -0.39 is 0 Å². The van der Waals surface area contributed by atoms with Gasteiger partial charge in [0.15, 0.2) is 0 Å². The second-order valence-electron chi connectivity index (χ2n) is 4.89. The van der Waals surface area contributed by atoms with Crippen LogP contribution in [0.25, 0.3) is 0 Å². The molecule has 0 radical (unpaired) electrons. The molecule has 3 heteroatoms. The molecule has 0 aliphatic carbocycles. The summed E-state index contributed by atoms with van der Waals surface area (Å²) in [5.41, 5.74) is 0.417. The molecule has 2 heterocycles. The maximum Gasteiger partial charge on any atom is 0.134 e. The standard InChI is InChI=1S/C11H20N2O/c1-9(14)10-6-11(8-13-7-10)2-4-12-5-3-11/h10,12-13H,2-8H2,1H3. The summed E-state index contributed by atoms with van der Waals surface area (Å²) in [5.74, 6) is 0.622. The van der Waals surface area contributed by atoms with Gasteiger partial charge in [-0.1, -0.05) is 0 Å². The zero-order valence-electron chi connectivity index (χ0n) is 8.94. The van der Waals surface area contributed by atoms with Gasteiger partial charge in [-0.25, -0.2) is 0 Å². The van der Waals surface area contributed by atoms with E-state index in [1.54, 1.807) is 6.92 Å². The minimum Gasteiger partial charge on any atom is -0.317 e. The Balaban J connectivity index is 2.01. The summed E-state index contributed by atoms with van der Waals surface area (Å²) in [7, 11) is 0. The van der Waals surface area contributed by atoms with Crippen LogP contribution in [0.1, 0.15) is 26.2 Å². The Morgan fingerprint density at radius 3 is 2.64 bits per heavy atom. The van der Waals surface area contributed by atoms with Gasteiger partial charge in [0.25, 0.3) is 0 Å². The number of nitrogens with one attached hydrogen (secondary N) is 2. The highest BCUT2D eigenvalue weighted by molar-refractivity contribution is 5.78. The van der Waals surface area contributed by atoms with Gasteiger partial charge in [-0.2, -0.15) is 0 Å². The number of carbonyl (C=O) groups is 1. The van der Waals surface area contributed by atoms with E-state index in [1.165, 1.54) is 12.8 Å². The number of carbonyl (C=O) groups excluding carboxylic acids is 1. The third-order valence-corrected chi connectivity index (χ3v) is 3.81. The molecule has 3 nitrogen and oxygen atoms in total. The summed E-state index contributed by atoms with van der Waals surface area (Å²) in [5, 5.41) is 6.82. The quantitative estimate of drug-likeness (QED) is 0.643. The van der Waals surface area contributed by atoms with Crippen molar-refractivity contribution >= 4 is 5.78 Å². The number of ketones is 1. The largest absolute Gasteiger partial charge is 0.317 e. The van der Waals surface area contributed by atoms with Crippen molar-refractivity contribution in [2.24, 2.45) is 11.3 Å². The minimum atomic E-state index is 0.266. The molecule has 80 valence electrons. The lowest BCUT2D eigenvalue weighted by molar-refractivity contribution is -0.122. The average Bonchev–Trinajstić information content (AvgIpc) is 2.19. The molecule has 2 fully saturated rings. The molecule has 2 rings (SSSR count). The summed E-state index contributed by atoms with van der Waals surface area (Å²) < 4.78 is 0. The molecule has 2 aliphatic heterocycles. The van der Waals surface area contributed by atoms with E-state index in [0.717, 1.165) is 32.6 Å². The van der Waals surface area contributed by atoms with E-state index in [-0.39, 0.29) is 5.92 Å². The van der Waals surface area contributed by atoms with Gasteiger partial charge in [-0.3, -0.25) is 4.79 Å². The monoisotopic (exact) mass is 196 g/mol. The number of rotatable bonds is 1. The Hall–Kier alpha value is -0.410. The van der Waals surface area contributed by atoms with E-state index in [2.05, 4.69) is 10.6 Å². The topological polar surface area (TPSA) is 41.1 Å². The first-order chi connectivity index (χ1) is 6.72. The van der Waals surface area contributed by atoms with Gasteiger partial charge in [0, 0.05) is 19.0 Å².